The molecule has 3 aromatic rings. The molecule has 1 aromatic heterocycles. The van der Waals surface area contributed by atoms with Crippen LogP contribution >= 0.6 is 10.6 Å². The van der Waals surface area contributed by atoms with E-state index in [0.717, 1.165) is 40.9 Å². The SMILES string of the molecule is NCCCNc1cc(N2CCS(O)(O)c3ccccc3C2)nc2ccc(C3CC3)cc12. The summed E-state index contributed by atoms with van der Waals surface area (Å²) in [5.41, 5.74) is 10.1. The molecule has 6 nitrogen and oxygen atoms in total. The van der Waals surface area contributed by atoms with Gasteiger partial charge in [0.15, 0.2) is 0 Å². The van der Waals surface area contributed by atoms with Crippen molar-refractivity contribution in [3.8, 4) is 0 Å². The molecule has 0 unspecified atom stereocenters. The second-order valence-electron chi connectivity index (χ2n) is 8.55. The van der Waals surface area contributed by atoms with Crippen LogP contribution in [0.2, 0.25) is 0 Å². The average molecular weight is 439 g/mol. The zero-order chi connectivity index (χ0) is 21.4. The van der Waals surface area contributed by atoms with E-state index in [-0.39, 0.29) is 0 Å². The molecule has 5 N–H and O–H groups in total. The van der Waals surface area contributed by atoms with Gasteiger partial charge < -0.3 is 16.0 Å². The van der Waals surface area contributed by atoms with Crippen molar-refractivity contribution >= 4 is 33.0 Å². The first kappa shape index (κ1) is 20.6. The van der Waals surface area contributed by atoms with Crippen molar-refractivity contribution in [2.75, 3.05) is 35.6 Å². The zero-order valence-electron chi connectivity index (χ0n) is 17.6. The van der Waals surface area contributed by atoms with Gasteiger partial charge in [0.2, 0.25) is 0 Å². The van der Waals surface area contributed by atoms with Gasteiger partial charge in [-0.05, 0) is 61.1 Å². The minimum atomic E-state index is -2.80. The Bertz CT molecular complexity index is 1100. The predicted molar refractivity (Wildman–Crippen MR) is 129 cm³/mol. The highest BCUT2D eigenvalue weighted by molar-refractivity contribution is 8.24. The predicted octanol–water partition coefficient (Wildman–Crippen LogP) is 5.00. The molecule has 1 saturated carbocycles. The van der Waals surface area contributed by atoms with E-state index in [4.69, 9.17) is 10.7 Å². The molecule has 1 fully saturated rings. The number of aromatic nitrogens is 1. The van der Waals surface area contributed by atoms with Crippen LogP contribution in [0.1, 0.15) is 36.3 Å². The van der Waals surface area contributed by atoms with E-state index in [1.54, 1.807) is 0 Å². The first-order chi connectivity index (χ1) is 15.0. The second kappa shape index (κ2) is 8.31. The lowest BCUT2D eigenvalue weighted by molar-refractivity contribution is 0.488. The Kier molecular flexibility index (Phi) is 5.52. The van der Waals surface area contributed by atoms with Crippen LogP contribution in [0.4, 0.5) is 11.5 Å². The topological polar surface area (TPSA) is 94.6 Å². The standard InChI is InChI=1S/C24H30N4O2S/c25-10-3-11-26-22-15-24(27-21-9-8-18(14-20(21)22)17-6-7-17)28-12-13-31(29,30)23-5-2-1-4-19(23)16-28/h1-2,4-5,8-9,14-15,17,29-30H,3,6-7,10-13,16,25H2,(H,26,27). The van der Waals surface area contributed by atoms with E-state index in [1.165, 1.54) is 18.4 Å². The fraction of sp³-hybridized carbons (Fsp3) is 0.375. The van der Waals surface area contributed by atoms with Crippen molar-refractivity contribution in [3.05, 3.63) is 59.7 Å². The maximum absolute atomic E-state index is 10.7. The van der Waals surface area contributed by atoms with E-state index in [2.05, 4.69) is 34.5 Å². The Morgan fingerprint density at radius 1 is 1.13 bits per heavy atom. The molecule has 1 aliphatic heterocycles. The number of hydrogen-bond acceptors (Lipinski definition) is 6. The molecule has 2 aliphatic rings. The lowest BCUT2D eigenvalue weighted by atomic mass is 10.1. The van der Waals surface area contributed by atoms with Crippen LogP contribution in [-0.2, 0) is 6.54 Å². The van der Waals surface area contributed by atoms with E-state index in [9.17, 15) is 9.11 Å². The van der Waals surface area contributed by atoms with Crippen molar-refractivity contribution in [1.82, 2.24) is 4.98 Å². The van der Waals surface area contributed by atoms with Gasteiger partial charge >= 0.3 is 0 Å². The zero-order valence-corrected chi connectivity index (χ0v) is 18.4. The summed E-state index contributed by atoms with van der Waals surface area (Å²) < 4.78 is 21.4. The molecule has 0 amide bonds. The molecule has 2 heterocycles. The molecule has 0 bridgehead atoms. The highest BCUT2D eigenvalue weighted by Crippen LogP contribution is 2.51. The van der Waals surface area contributed by atoms with Gasteiger partial charge in [-0.3, -0.25) is 9.11 Å². The van der Waals surface area contributed by atoms with Crippen LogP contribution in [0.5, 0.6) is 0 Å². The number of pyridine rings is 1. The lowest BCUT2D eigenvalue weighted by Crippen LogP contribution is -2.26. The maximum Gasteiger partial charge on any atom is 0.131 e. The molecular formula is C24H30N4O2S. The van der Waals surface area contributed by atoms with Crippen molar-refractivity contribution in [1.29, 1.82) is 0 Å². The summed E-state index contributed by atoms with van der Waals surface area (Å²) in [5.74, 6) is 1.85. The molecule has 1 aliphatic carbocycles. The molecular weight excluding hydrogens is 408 g/mol. The number of benzene rings is 2. The van der Waals surface area contributed by atoms with Gasteiger partial charge in [0.25, 0.3) is 0 Å². The number of hydrogen-bond donors (Lipinski definition) is 4. The second-order valence-corrected chi connectivity index (χ2v) is 10.7. The summed E-state index contributed by atoms with van der Waals surface area (Å²) in [6.45, 7) is 2.61. The van der Waals surface area contributed by atoms with Gasteiger partial charge in [0.05, 0.1) is 16.2 Å². The van der Waals surface area contributed by atoms with Crippen molar-refractivity contribution in [2.24, 2.45) is 5.73 Å². The van der Waals surface area contributed by atoms with E-state index >= 15 is 0 Å². The van der Waals surface area contributed by atoms with E-state index < -0.39 is 10.6 Å². The summed E-state index contributed by atoms with van der Waals surface area (Å²) in [7, 11) is -2.80. The minimum absolute atomic E-state index is 0.306. The van der Waals surface area contributed by atoms with Crippen molar-refractivity contribution < 1.29 is 9.11 Å². The van der Waals surface area contributed by atoms with Gasteiger partial charge in [-0.15, -0.1) is 0 Å². The summed E-state index contributed by atoms with van der Waals surface area (Å²) in [4.78, 5) is 7.79. The van der Waals surface area contributed by atoms with Gasteiger partial charge in [-0.25, -0.2) is 4.98 Å². The Morgan fingerprint density at radius 3 is 2.77 bits per heavy atom. The summed E-state index contributed by atoms with van der Waals surface area (Å²) in [6.07, 6.45) is 3.44. The molecule has 2 aromatic carbocycles. The van der Waals surface area contributed by atoms with Crippen LogP contribution in [0, 0.1) is 0 Å². The van der Waals surface area contributed by atoms with Gasteiger partial charge in [-0.1, -0.05) is 24.3 Å². The van der Waals surface area contributed by atoms with E-state index in [1.807, 2.05) is 24.3 Å². The fourth-order valence-corrected chi connectivity index (χ4v) is 5.86. The largest absolute Gasteiger partial charge is 0.384 e. The lowest BCUT2D eigenvalue weighted by Gasteiger charge is -2.32. The molecule has 31 heavy (non-hydrogen) atoms. The molecule has 0 spiro atoms. The van der Waals surface area contributed by atoms with Gasteiger partial charge in [0.1, 0.15) is 5.82 Å². The molecule has 0 radical (unpaired) electrons. The number of nitrogens with two attached hydrogens (primary N) is 1. The quantitative estimate of drug-likeness (QED) is 0.405. The Labute approximate surface area is 184 Å². The first-order valence-corrected chi connectivity index (χ1v) is 12.7. The number of nitrogens with zero attached hydrogens (tertiary/aromatic N) is 2. The number of fused-ring (bicyclic) bond motifs is 2. The first-order valence-electron chi connectivity index (χ1n) is 11.0. The van der Waals surface area contributed by atoms with Crippen LogP contribution in [0.25, 0.3) is 10.9 Å². The molecule has 7 heteroatoms. The third-order valence-corrected chi connectivity index (χ3v) is 8.07. The van der Waals surface area contributed by atoms with Crippen molar-refractivity contribution in [3.63, 3.8) is 0 Å². The Balaban J connectivity index is 1.54. The maximum atomic E-state index is 10.7. The van der Waals surface area contributed by atoms with Gasteiger partial charge in [-0.2, -0.15) is 10.6 Å². The number of anilines is 2. The number of rotatable bonds is 6. The highest BCUT2D eigenvalue weighted by Gasteiger charge is 2.27. The molecule has 164 valence electrons. The van der Waals surface area contributed by atoms with Crippen LogP contribution in [-0.4, -0.2) is 39.5 Å². The fourth-order valence-electron chi connectivity index (χ4n) is 4.31. The monoisotopic (exact) mass is 438 g/mol. The molecule has 0 saturated heterocycles. The van der Waals surface area contributed by atoms with Gasteiger partial charge in [0, 0.05) is 36.8 Å². The Morgan fingerprint density at radius 2 is 1.97 bits per heavy atom. The molecule has 5 rings (SSSR count). The Hall–Kier alpha value is -2.32. The van der Waals surface area contributed by atoms with Crippen LogP contribution in [0.15, 0.2) is 53.4 Å². The number of nitrogens with one attached hydrogen (secondary N) is 1. The summed E-state index contributed by atoms with van der Waals surface area (Å²) in [6, 6.07) is 16.3. The van der Waals surface area contributed by atoms with Crippen molar-refractivity contribution in [2.45, 2.75) is 36.6 Å². The third-order valence-electron chi connectivity index (χ3n) is 6.22. The van der Waals surface area contributed by atoms with Crippen LogP contribution < -0.4 is 16.0 Å². The van der Waals surface area contributed by atoms with Crippen LogP contribution in [0.3, 0.4) is 0 Å². The van der Waals surface area contributed by atoms with E-state index in [0.29, 0.717) is 36.2 Å². The average Bonchev–Trinajstić information content (AvgIpc) is 3.62. The third kappa shape index (κ3) is 4.23. The summed E-state index contributed by atoms with van der Waals surface area (Å²) >= 11 is 0. The minimum Gasteiger partial charge on any atom is -0.384 e. The normalized spacial score (nSPS) is 19.0. The highest BCUT2D eigenvalue weighted by atomic mass is 32.3. The summed E-state index contributed by atoms with van der Waals surface area (Å²) in [5, 5.41) is 4.71. The smallest absolute Gasteiger partial charge is 0.131 e. The molecule has 0 atom stereocenters.